The summed E-state index contributed by atoms with van der Waals surface area (Å²) in [6.07, 6.45) is 1.05. The first-order chi connectivity index (χ1) is 13.9. The molecule has 9 heteroatoms. The number of nitrogens with zero attached hydrogens (tertiary/aromatic N) is 4. The number of benzene rings is 1. The topological polar surface area (TPSA) is 95.7 Å². The van der Waals surface area contributed by atoms with E-state index in [1.165, 1.54) is 35.8 Å². The Balaban J connectivity index is 1.57. The highest BCUT2D eigenvalue weighted by molar-refractivity contribution is 5.96. The molecule has 0 radical (unpaired) electrons. The van der Waals surface area contributed by atoms with Gasteiger partial charge < -0.3 is 14.4 Å². The van der Waals surface area contributed by atoms with Crippen LogP contribution in [-0.4, -0.2) is 51.2 Å². The summed E-state index contributed by atoms with van der Waals surface area (Å²) >= 11 is 0. The Morgan fingerprint density at radius 3 is 2.69 bits per heavy atom. The van der Waals surface area contributed by atoms with Crippen molar-refractivity contribution in [2.75, 3.05) is 20.2 Å². The predicted molar refractivity (Wildman–Crippen MR) is 106 cm³/mol. The highest BCUT2D eigenvalue weighted by atomic mass is 16.6. The molecule has 29 heavy (non-hydrogen) atoms. The van der Waals surface area contributed by atoms with E-state index in [-0.39, 0.29) is 28.6 Å². The molecule has 0 N–H and O–H groups in total. The van der Waals surface area contributed by atoms with Crippen LogP contribution < -0.4 is 20.7 Å². The number of hydrogen-bond acceptors (Lipinski definition) is 6. The van der Waals surface area contributed by atoms with Crippen LogP contribution in [0.1, 0.15) is 10.4 Å². The van der Waals surface area contributed by atoms with Crippen molar-refractivity contribution in [2.24, 2.45) is 14.1 Å². The van der Waals surface area contributed by atoms with Crippen molar-refractivity contribution in [3.63, 3.8) is 0 Å². The lowest BCUT2D eigenvalue weighted by Gasteiger charge is -2.29. The van der Waals surface area contributed by atoms with Crippen LogP contribution in [0.15, 0.2) is 46.1 Å². The van der Waals surface area contributed by atoms with Gasteiger partial charge in [0.1, 0.15) is 12.3 Å². The van der Waals surface area contributed by atoms with Crippen LogP contribution in [0.4, 0.5) is 0 Å². The molecule has 3 heterocycles. The van der Waals surface area contributed by atoms with Gasteiger partial charge in [0.05, 0.1) is 17.5 Å². The molecule has 150 valence electrons. The van der Waals surface area contributed by atoms with Gasteiger partial charge in [-0.25, -0.2) is 9.78 Å². The van der Waals surface area contributed by atoms with E-state index in [1.807, 2.05) is 24.3 Å². The van der Waals surface area contributed by atoms with Crippen LogP contribution in [0.5, 0.6) is 11.5 Å². The Morgan fingerprint density at radius 1 is 1.21 bits per heavy atom. The first-order valence-electron chi connectivity index (χ1n) is 9.06. The van der Waals surface area contributed by atoms with Gasteiger partial charge in [-0.1, -0.05) is 12.1 Å². The number of hydrogen-bond donors (Lipinski definition) is 0. The van der Waals surface area contributed by atoms with E-state index in [9.17, 15) is 14.4 Å². The summed E-state index contributed by atoms with van der Waals surface area (Å²) in [5.74, 6) is 1.01. The number of carbonyl (C=O) groups excluding carboxylic acids is 1. The van der Waals surface area contributed by atoms with E-state index in [1.54, 1.807) is 7.05 Å². The van der Waals surface area contributed by atoms with Gasteiger partial charge in [-0.2, -0.15) is 0 Å². The number of likely N-dealkylation sites (N-methyl/N-ethyl adjacent to an activating group) is 1. The van der Waals surface area contributed by atoms with Crippen LogP contribution >= 0.6 is 0 Å². The van der Waals surface area contributed by atoms with Crippen molar-refractivity contribution in [2.45, 2.75) is 6.10 Å². The van der Waals surface area contributed by atoms with Crippen molar-refractivity contribution in [1.82, 2.24) is 19.0 Å². The Morgan fingerprint density at radius 2 is 1.93 bits per heavy atom. The summed E-state index contributed by atoms with van der Waals surface area (Å²) in [7, 11) is 4.57. The van der Waals surface area contributed by atoms with Gasteiger partial charge in [-0.15, -0.1) is 0 Å². The monoisotopic (exact) mass is 396 g/mol. The smallest absolute Gasteiger partial charge is 0.332 e. The Labute approximate surface area is 165 Å². The van der Waals surface area contributed by atoms with Gasteiger partial charge in [-0.3, -0.25) is 18.7 Å². The number of ether oxygens (including phenoxy) is 2. The molecular weight excluding hydrogens is 376 g/mol. The third-order valence-electron chi connectivity index (χ3n) is 4.93. The van der Waals surface area contributed by atoms with Crippen molar-refractivity contribution in [1.29, 1.82) is 0 Å². The number of fused-ring (bicyclic) bond motifs is 2. The predicted octanol–water partition coefficient (Wildman–Crippen LogP) is 0.544. The van der Waals surface area contributed by atoms with E-state index in [0.29, 0.717) is 24.7 Å². The summed E-state index contributed by atoms with van der Waals surface area (Å²) in [4.78, 5) is 43.0. The largest absolute Gasteiger partial charge is 0.486 e. The third-order valence-corrected chi connectivity index (χ3v) is 4.93. The minimum absolute atomic E-state index is 0.208. The second kappa shape index (κ2) is 7.08. The maximum atomic E-state index is 12.9. The fourth-order valence-corrected chi connectivity index (χ4v) is 3.34. The van der Waals surface area contributed by atoms with Gasteiger partial charge in [0.15, 0.2) is 17.6 Å². The average Bonchev–Trinajstić information content (AvgIpc) is 2.75. The molecule has 1 unspecified atom stereocenters. The maximum Gasteiger partial charge on any atom is 0.332 e. The van der Waals surface area contributed by atoms with Gasteiger partial charge in [-0.05, 0) is 18.2 Å². The highest BCUT2D eigenvalue weighted by Crippen LogP contribution is 2.31. The lowest BCUT2D eigenvalue weighted by atomic mass is 10.2. The van der Waals surface area contributed by atoms with E-state index < -0.39 is 11.2 Å². The van der Waals surface area contributed by atoms with E-state index in [4.69, 9.17) is 9.47 Å². The first-order valence-corrected chi connectivity index (χ1v) is 9.06. The molecule has 1 aliphatic rings. The molecule has 0 saturated carbocycles. The molecule has 0 aliphatic carbocycles. The number of aryl methyl sites for hydroxylation is 1. The van der Waals surface area contributed by atoms with Crippen LogP contribution in [0, 0.1) is 0 Å². The zero-order valence-electron chi connectivity index (χ0n) is 16.3. The number of amides is 1. The van der Waals surface area contributed by atoms with Crippen molar-refractivity contribution in [3.05, 3.63) is 62.9 Å². The zero-order valence-corrected chi connectivity index (χ0v) is 16.3. The Hall–Kier alpha value is -3.62. The molecule has 4 rings (SSSR count). The molecule has 0 saturated heterocycles. The van der Waals surface area contributed by atoms with Crippen LogP contribution in [0.3, 0.4) is 0 Å². The number of para-hydroxylation sites is 2. The van der Waals surface area contributed by atoms with Gasteiger partial charge in [0.25, 0.3) is 11.5 Å². The van der Waals surface area contributed by atoms with Crippen molar-refractivity contribution >= 4 is 16.9 Å². The highest BCUT2D eigenvalue weighted by Gasteiger charge is 2.24. The Bertz CT molecular complexity index is 1230. The third kappa shape index (κ3) is 3.24. The molecule has 1 aromatic carbocycles. The van der Waals surface area contributed by atoms with Gasteiger partial charge >= 0.3 is 5.69 Å². The SMILES string of the molecule is CN(CC1COc2ccccc2O1)C(=O)c1cnc2c(c1)c(=O)n(C)c(=O)n2C. The minimum Gasteiger partial charge on any atom is -0.486 e. The molecular formula is C20H20N4O5. The molecule has 0 bridgehead atoms. The second-order valence-corrected chi connectivity index (χ2v) is 6.98. The summed E-state index contributed by atoms with van der Waals surface area (Å²) in [5.41, 5.74) is -0.472. The fourth-order valence-electron chi connectivity index (χ4n) is 3.34. The second-order valence-electron chi connectivity index (χ2n) is 6.98. The molecule has 3 aromatic rings. The molecule has 9 nitrogen and oxygen atoms in total. The van der Waals surface area contributed by atoms with E-state index in [0.717, 1.165) is 4.57 Å². The number of pyridine rings is 1. The molecule has 0 fully saturated rings. The quantitative estimate of drug-likeness (QED) is 0.641. The molecule has 1 amide bonds. The number of aromatic nitrogens is 3. The number of rotatable bonds is 3. The normalized spacial score (nSPS) is 15.3. The minimum atomic E-state index is -0.492. The zero-order chi connectivity index (χ0) is 20.7. The summed E-state index contributed by atoms with van der Waals surface area (Å²) in [5, 5.41) is 0.208. The Kier molecular flexibility index (Phi) is 4.57. The van der Waals surface area contributed by atoms with Crippen molar-refractivity contribution in [3.8, 4) is 11.5 Å². The fraction of sp³-hybridized carbons (Fsp3) is 0.300. The molecule has 1 aliphatic heterocycles. The van der Waals surface area contributed by atoms with Crippen LogP contribution in [0.2, 0.25) is 0 Å². The van der Waals surface area contributed by atoms with Gasteiger partial charge in [0.2, 0.25) is 0 Å². The van der Waals surface area contributed by atoms with Crippen LogP contribution in [-0.2, 0) is 14.1 Å². The number of carbonyl (C=O) groups is 1. The van der Waals surface area contributed by atoms with Gasteiger partial charge in [0, 0.05) is 27.3 Å². The van der Waals surface area contributed by atoms with Crippen LogP contribution in [0.25, 0.3) is 11.0 Å². The standard InChI is InChI=1S/C20H20N4O5/c1-22(10-13-11-28-15-6-4-5-7-16(15)29-13)18(25)12-8-14-17(21-9-12)23(2)20(27)24(3)19(14)26/h4-9,13H,10-11H2,1-3H3. The summed E-state index contributed by atoms with van der Waals surface area (Å²) in [6.45, 7) is 0.629. The van der Waals surface area contributed by atoms with E-state index in [2.05, 4.69) is 4.98 Å². The molecule has 2 aromatic heterocycles. The molecule has 0 spiro atoms. The maximum absolute atomic E-state index is 12.9. The summed E-state index contributed by atoms with van der Waals surface area (Å²) in [6, 6.07) is 8.83. The molecule has 1 atom stereocenters. The lowest BCUT2D eigenvalue weighted by Crippen LogP contribution is -2.42. The average molecular weight is 396 g/mol. The first kappa shape index (κ1) is 18.7. The summed E-state index contributed by atoms with van der Waals surface area (Å²) < 4.78 is 13.8. The lowest BCUT2D eigenvalue weighted by molar-refractivity contribution is 0.0521. The van der Waals surface area contributed by atoms with Crippen molar-refractivity contribution < 1.29 is 14.3 Å². The van der Waals surface area contributed by atoms with E-state index >= 15 is 0 Å².